The van der Waals surface area contributed by atoms with Gasteiger partial charge in [-0.1, -0.05) is 12.1 Å². The Morgan fingerprint density at radius 1 is 1.14 bits per heavy atom. The van der Waals surface area contributed by atoms with E-state index in [1.807, 2.05) is 0 Å². The Balaban J connectivity index is 2.79. The number of carboxylic acids is 1. The highest BCUT2D eigenvalue weighted by atomic mass is 16.5. The minimum Gasteiger partial charge on any atom is -0.483 e. The van der Waals surface area contributed by atoms with Gasteiger partial charge in [0.1, 0.15) is 5.75 Å². The lowest BCUT2D eigenvalue weighted by atomic mass is 10.1. The van der Waals surface area contributed by atoms with E-state index >= 15 is 0 Å². The molecule has 0 heterocycles. The molecule has 0 aromatic heterocycles. The van der Waals surface area contributed by atoms with Crippen LogP contribution in [-0.4, -0.2) is 67.0 Å². The van der Waals surface area contributed by atoms with Crippen molar-refractivity contribution in [3.8, 4) is 5.75 Å². The molecule has 0 radical (unpaired) electrons. The molecule has 0 bridgehead atoms. The average molecular weight is 308 g/mol. The van der Waals surface area contributed by atoms with Crippen molar-refractivity contribution in [1.82, 2.24) is 9.80 Å². The van der Waals surface area contributed by atoms with Gasteiger partial charge in [0.15, 0.2) is 6.61 Å². The number of amides is 2. The third-order valence-corrected chi connectivity index (χ3v) is 2.98. The predicted octanol–water partition coefficient (Wildman–Crippen LogP) is 0.700. The minimum absolute atomic E-state index is 0.0964. The summed E-state index contributed by atoms with van der Waals surface area (Å²) in [5, 5.41) is 8.66. The molecule has 2 amide bonds. The summed E-state index contributed by atoms with van der Waals surface area (Å²) in [6.45, 7) is -0.0741. The normalized spacial score (nSPS) is 9.95. The molecule has 0 spiro atoms. The van der Waals surface area contributed by atoms with Crippen LogP contribution in [0.1, 0.15) is 16.8 Å². The number of hydrogen-bond acceptors (Lipinski definition) is 4. The second-order valence-corrected chi connectivity index (χ2v) is 4.94. The molecule has 22 heavy (non-hydrogen) atoms. The highest BCUT2D eigenvalue weighted by Gasteiger charge is 2.18. The molecular weight excluding hydrogens is 288 g/mol. The van der Waals surface area contributed by atoms with Gasteiger partial charge < -0.3 is 19.6 Å². The molecule has 120 valence electrons. The lowest BCUT2D eigenvalue weighted by Gasteiger charge is -2.18. The van der Waals surface area contributed by atoms with E-state index in [2.05, 4.69) is 0 Å². The van der Waals surface area contributed by atoms with E-state index in [1.54, 1.807) is 38.4 Å². The van der Waals surface area contributed by atoms with Crippen LogP contribution < -0.4 is 4.74 Å². The van der Waals surface area contributed by atoms with E-state index in [0.29, 0.717) is 11.3 Å². The highest BCUT2D eigenvalue weighted by Crippen LogP contribution is 2.19. The van der Waals surface area contributed by atoms with Crippen LogP contribution in [0.3, 0.4) is 0 Å². The molecule has 0 aliphatic rings. The molecule has 1 rings (SSSR count). The van der Waals surface area contributed by atoms with E-state index < -0.39 is 5.97 Å². The Bertz CT molecular complexity index is 557. The zero-order chi connectivity index (χ0) is 16.7. The largest absolute Gasteiger partial charge is 0.483 e. The smallest absolute Gasteiger partial charge is 0.305 e. The van der Waals surface area contributed by atoms with Crippen LogP contribution in [0.5, 0.6) is 5.75 Å². The maximum atomic E-state index is 12.3. The summed E-state index contributed by atoms with van der Waals surface area (Å²) in [5.41, 5.74) is 0.293. The van der Waals surface area contributed by atoms with Gasteiger partial charge in [-0.05, 0) is 12.1 Å². The fraction of sp³-hybridized carbons (Fsp3) is 0.400. The predicted molar refractivity (Wildman–Crippen MR) is 79.8 cm³/mol. The number of carboxylic acid groups (broad SMARTS) is 1. The van der Waals surface area contributed by atoms with E-state index in [-0.39, 0.29) is 31.4 Å². The van der Waals surface area contributed by atoms with Gasteiger partial charge in [-0.25, -0.2) is 0 Å². The Hall–Kier alpha value is -2.57. The maximum absolute atomic E-state index is 12.3. The SMILES string of the molecule is CN(C)C(=O)COc1ccccc1C(=O)N(C)CCC(=O)O. The zero-order valence-electron chi connectivity index (χ0n) is 12.9. The summed E-state index contributed by atoms with van der Waals surface area (Å²) in [6, 6.07) is 6.55. The molecule has 1 aromatic carbocycles. The first-order valence-corrected chi connectivity index (χ1v) is 6.72. The second-order valence-electron chi connectivity index (χ2n) is 4.94. The number of carbonyl (C=O) groups is 3. The third-order valence-electron chi connectivity index (χ3n) is 2.98. The Labute approximate surface area is 129 Å². The van der Waals surface area contributed by atoms with Crippen LogP contribution in [0.15, 0.2) is 24.3 Å². The van der Waals surface area contributed by atoms with Gasteiger partial charge >= 0.3 is 5.97 Å². The average Bonchev–Trinajstić information content (AvgIpc) is 2.49. The van der Waals surface area contributed by atoms with Crippen molar-refractivity contribution in [2.24, 2.45) is 0 Å². The molecule has 7 nitrogen and oxygen atoms in total. The first-order valence-electron chi connectivity index (χ1n) is 6.72. The van der Waals surface area contributed by atoms with Gasteiger partial charge in [-0.3, -0.25) is 14.4 Å². The Morgan fingerprint density at radius 3 is 2.36 bits per heavy atom. The zero-order valence-corrected chi connectivity index (χ0v) is 12.9. The number of ether oxygens (including phenoxy) is 1. The van der Waals surface area contributed by atoms with E-state index in [4.69, 9.17) is 9.84 Å². The number of carbonyl (C=O) groups excluding carboxylic acids is 2. The summed E-state index contributed by atoms with van der Waals surface area (Å²) >= 11 is 0. The number of para-hydroxylation sites is 1. The molecule has 0 unspecified atom stereocenters. The van der Waals surface area contributed by atoms with Gasteiger partial charge in [0.05, 0.1) is 12.0 Å². The number of rotatable bonds is 7. The summed E-state index contributed by atoms with van der Waals surface area (Å²) in [5.74, 6) is -1.25. The molecule has 0 aliphatic heterocycles. The van der Waals surface area contributed by atoms with Gasteiger partial charge in [0.25, 0.3) is 11.8 Å². The molecular formula is C15H20N2O5. The van der Waals surface area contributed by atoms with Crippen LogP contribution in [-0.2, 0) is 9.59 Å². The van der Waals surface area contributed by atoms with Crippen molar-refractivity contribution in [2.45, 2.75) is 6.42 Å². The van der Waals surface area contributed by atoms with Crippen LogP contribution in [0.25, 0.3) is 0 Å². The first kappa shape index (κ1) is 17.5. The maximum Gasteiger partial charge on any atom is 0.305 e. The van der Waals surface area contributed by atoms with Crippen molar-refractivity contribution >= 4 is 17.8 Å². The lowest BCUT2D eigenvalue weighted by molar-refractivity contribution is -0.137. The summed E-state index contributed by atoms with van der Waals surface area (Å²) < 4.78 is 5.40. The summed E-state index contributed by atoms with van der Waals surface area (Å²) in [4.78, 5) is 37.1. The second kappa shape index (κ2) is 8.02. The molecule has 0 fully saturated rings. The molecule has 1 N–H and O–H groups in total. The monoisotopic (exact) mass is 308 g/mol. The van der Waals surface area contributed by atoms with Crippen molar-refractivity contribution in [2.75, 3.05) is 34.3 Å². The fourth-order valence-corrected chi connectivity index (χ4v) is 1.61. The number of likely N-dealkylation sites (N-methyl/N-ethyl adjacent to an activating group) is 1. The van der Waals surface area contributed by atoms with E-state index in [0.717, 1.165) is 0 Å². The van der Waals surface area contributed by atoms with Crippen molar-refractivity contribution in [1.29, 1.82) is 0 Å². The molecule has 0 saturated heterocycles. The minimum atomic E-state index is -0.972. The van der Waals surface area contributed by atoms with E-state index in [1.165, 1.54) is 16.8 Å². The molecule has 0 atom stereocenters. The highest BCUT2D eigenvalue weighted by molar-refractivity contribution is 5.97. The molecule has 0 saturated carbocycles. The fourth-order valence-electron chi connectivity index (χ4n) is 1.61. The van der Waals surface area contributed by atoms with Crippen LogP contribution in [0.2, 0.25) is 0 Å². The topological polar surface area (TPSA) is 87.2 Å². The van der Waals surface area contributed by atoms with Crippen molar-refractivity contribution in [3.05, 3.63) is 29.8 Å². The number of hydrogen-bond donors (Lipinski definition) is 1. The van der Waals surface area contributed by atoms with Crippen LogP contribution in [0.4, 0.5) is 0 Å². The van der Waals surface area contributed by atoms with Gasteiger partial charge in [-0.15, -0.1) is 0 Å². The molecule has 0 aliphatic carbocycles. The third kappa shape index (κ3) is 5.08. The van der Waals surface area contributed by atoms with Crippen molar-refractivity contribution < 1.29 is 24.2 Å². The Kier molecular flexibility index (Phi) is 6.37. The standard InChI is InChI=1S/C15H20N2O5/c1-16(2)13(18)10-22-12-7-5-4-6-11(12)15(21)17(3)9-8-14(19)20/h4-7H,8-10H2,1-3H3,(H,19,20). The van der Waals surface area contributed by atoms with Crippen LogP contribution in [0, 0.1) is 0 Å². The van der Waals surface area contributed by atoms with Gasteiger partial charge in [0.2, 0.25) is 0 Å². The lowest BCUT2D eigenvalue weighted by Crippen LogP contribution is -2.30. The number of aliphatic carboxylic acids is 1. The summed E-state index contributed by atoms with van der Waals surface area (Å²) in [6.07, 6.45) is -0.135. The summed E-state index contributed by atoms with van der Waals surface area (Å²) in [7, 11) is 4.75. The Morgan fingerprint density at radius 2 is 1.77 bits per heavy atom. The van der Waals surface area contributed by atoms with Crippen molar-refractivity contribution in [3.63, 3.8) is 0 Å². The quantitative estimate of drug-likeness (QED) is 0.801. The van der Waals surface area contributed by atoms with E-state index in [9.17, 15) is 14.4 Å². The first-order chi connectivity index (χ1) is 10.3. The number of nitrogens with zero attached hydrogens (tertiary/aromatic N) is 2. The van der Waals surface area contributed by atoms with Crippen LogP contribution >= 0.6 is 0 Å². The van der Waals surface area contributed by atoms with Gasteiger partial charge in [0, 0.05) is 27.7 Å². The molecule has 7 heteroatoms. The number of benzene rings is 1. The molecule has 1 aromatic rings. The van der Waals surface area contributed by atoms with Gasteiger partial charge in [-0.2, -0.15) is 0 Å².